The van der Waals surface area contributed by atoms with E-state index in [1.807, 2.05) is 0 Å². The lowest BCUT2D eigenvalue weighted by Crippen LogP contribution is -2.14. The molecular formula is C11H10F2N4O. The molecule has 0 spiro atoms. The highest BCUT2D eigenvalue weighted by atomic mass is 19.2. The lowest BCUT2D eigenvalue weighted by molar-refractivity contribution is 0.102. The molecule has 0 unspecified atom stereocenters. The summed E-state index contributed by atoms with van der Waals surface area (Å²) in [6, 6.07) is 3.04. The number of nitrogen functional groups attached to an aromatic ring is 1. The Morgan fingerprint density at radius 2 is 2.11 bits per heavy atom. The van der Waals surface area contributed by atoms with Gasteiger partial charge < -0.3 is 11.1 Å². The number of amides is 1. The summed E-state index contributed by atoms with van der Waals surface area (Å²) in [5, 5.41) is 8.65. The third kappa shape index (κ3) is 2.15. The molecule has 1 amide bonds. The Hall–Kier alpha value is -2.44. The number of nitrogens with two attached hydrogens (primary N) is 1. The van der Waals surface area contributed by atoms with E-state index in [1.54, 1.807) is 6.92 Å². The Balaban J connectivity index is 2.21. The standard InChI is InChI=1S/C11H10F2N4O/c1-5-9(14)10(17-16-5)11(18)15-6-2-3-7(12)8(13)4-6/h2-4H,14H2,1H3,(H,15,18)(H,16,17). The van der Waals surface area contributed by atoms with Crippen molar-refractivity contribution >= 4 is 17.3 Å². The van der Waals surface area contributed by atoms with Crippen molar-refractivity contribution in [1.29, 1.82) is 0 Å². The number of aromatic amines is 1. The number of aryl methyl sites for hydroxylation is 1. The van der Waals surface area contributed by atoms with Crippen molar-refractivity contribution in [2.45, 2.75) is 6.92 Å². The van der Waals surface area contributed by atoms with Crippen LogP contribution in [-0.4, -0.2) is 16.1 Å². The number of carbonyl (C=O) groups excluding carboxylic acids is 1. The summed E-state index contributed by atoms with van der Waals surface area (Å²) in [4.78, 5) is 11.8. The fourth-order valence-corrected chi connectivity index (χ4v) is 1.38. The van der Waals surface area contributed by atoms with E-state index < -0.39 is 17.5 Å². The Morgan fingerprint density at radius 3 is 2.67 bits per heavy atom. The van der Waals surface area contributed by atoms with Gasteiger partial charge in [-0.2, -0.15) is 5.10 Å². The molecule has 2 rings (SSSR count). The molecule has 0 atom stereocenters. The van der Waals surface area contributed by atoms with Crippen molar-refractivity contribution < 1.29 is 13.6 Å². The number of aromatic nitrogens is 2. The molecule has 4 N–H and O–H groups in total. The maximum absolute atomic E-state index is 12.9. The van der Waals surface area contributed by atoms with Gasteiger partial charge in [-0.1, -0.05) is 0 Å². The van der Waals surface area contributed by atoms with Crippen LogP contribution in [0, 0.1) is 18.6 Å². The van der Waals surface area contributed by atoms with Gasteiger partial charge in [0.1, 0.15) is 0 Å². The number of H-pyrrole nitrogens is 1. The fourth-order valence-electron chi connectivity index (χ4n) is 1.38. The van der Waals surface area contributed by atoms with E-state index in [2.05, 4.69) is 15.5 Å². The Kier molecular flexibility index (Phi) is 2.97. The molecule has 1 aromatic heterocycles. The zero-order valence-electron chi connectivity index (χ0n) is 9.42. The molecule has 5 nitrogen and oxygen atoms in total. The molecule has 7 heteroatoms. The van der Waals surface area contributed by atoms with E-state index in [1.165, 1.54) is 6.07 Å². The second-order valence-corrected chi connectivity index (χ2v) is 3.69. The minimum absolute atomic E-state index is 0.0113. The number of hydrogen-bond acceptors (Lipinski definition) is 3. The van der Waals surface area contributed by atoms with Gasteiger partial charge in [0, 0.05) is 11.8 Å². The van der Waals surface area contributed by atoms with Crippen LogP contribution in [0.3, 0.4) is 0 Å². The van der Waals surface area contributed by atoms with Crippen molar-refractivity contribution in [3.63, 3.8) is 0 Å². The molecule has 0 saturated carbocycles. The Labute approximate surface area is 101 Å². The first-order valence-corrected chi connectivity index (χ1v) is 5.06. The first-order chi connectivity index (χ1) is 8.49. The predicted octanol–water partition coefficient (Wildman–Crippen LogP) is 1.83. The number of rotatable bonds is 2. The molecule has 0 aliphatic heterocycles. The van der Waals surface area contributed by atoms with Crippen LogP contribution in [0.1, 0.15) is 16.2 Å². The fraction of sp³-hybridized carbons (Fsp3) is 0.0909. The Bertz CT molecular complexity index is 609. The normalized spacial score (nSPS) is 10.4. The van der Waals surface area contributed by atoms with Crippen LogP contribution in [0.25, 0.3) is 0 Å². The van der Waals surface area contributed by atoms with Crippen molar-refractivity contribution in [2.24, 2.45) is 0 Å². The summed E-state index contributed by atoms with van der Waals surface area (Å²) in [6.45, 7) is 1.66. The number of nitrogens with zero attached hydrogens (tertiary/aromatic N) is 1. The molecule has 94 valence electrons. The van der Waals surface area contributed by atoms with Gasteiger partial charge in [0.05, 0.1) is 11.4 Å². The summed E-state index contributed by atoms with van der Waals surface area (Å²) in [5.41, 5.74) is 6.54. The smallest absolute Gasteiger partial charge is 0.278 e. The minimum Gasteiger partial charge on any atom is -0.395 e. The second-order valence-electron chi connectivity index (χ2n) is 3.69. The van der Waals surface area contributed by atoms with E-state index in [0.717, 1.165) is 12.1 Å². The number of hydrogen-bond donors (Lipinski definition) is 3. The zero-order valence-corrected chi connectivity index (χ0v) is 9.42. The summed E-state index contributed by atoms with van der Waals surface area (Å²) in [5.74, 6) is -2.62. The van der Waals surface area contributed by atoms with Crippen LogP contribution in [-0.2, 0) is 0 Å². The summed E-state index contributed by atoms with van der Waals surface area (Å²) in [7, 11) is 0. The number of halogens is 2. The molecular weight excluding hydrogens is 242 g/mol. The summed E-state index contributed by atoms with van der Waals surface area (Å²) < 4.78 is 25.6. The van der Waals surface area contributed by atoms with Crippen molar-refractivity contribution in [1.82, 2.24) is 10.2 Å². The first kappa shape index (κ1) is 12.0. The van der Waals surface area contributed by atoms with E-state index in [0.29, 0.717) is 5.69 Å². The molecule has 18 heavy (non-hydrogen) atoms. The molecule has 0 saturated heterocycles. The molecule has 1 aromatic carbocycles. The third-order valence-electron chi connectivity index (χ3n) is 2.39. The topological polar surface area (TPSA) is 83.8 Å². The zero-order chi connectivity index (χ0) is 13.3. The maximum Gasteiger partial charge on any atom is 0.278 e. The average molecular weight is 252 g/mol. The van der Waals surface area contributed by atoms with Crippen molar-refractivity contribution in [3.8, 4) is 0 Å². The van der Waals surface area contributed by atoms with Gasteiger partial charge in [0.25, 0.3) is 5.91 Å². The largest absolute Gasteiger partial charge is 0.395 e. The van der Waals surface area contributed by atoms with Gasteiger partial charge in [-0.3, -0.25) is 9.89 Å². The molecule has 0 radical (unpaired) electrons. The molecule has 0 bridgehead atoms. The van der Waals surface area contributed by atoms with Gasteiger partial charge in [0.2, 0.25) is 0 Å². The van der Waals surface area contributed by atoms with Crippen LogP contribution in [0.15, 0.2) is 18.2 Å². The van der Waals surface area contributed by atoms with Gasteiger partial charge in [-0.15, -0.1) is 0 Å². The summed E-state index contributed by atoms with van der Waals surface area (Å²) in [6.07, 6.45) is 0. The van der Waals surface area contributed by atoms with Crippen molar-refractivity contribution in [2.75, 3.05) is 11.1 Å². The lowest BCUT2D eigenvalue weighted by atomic mass is 10.2. The molecule has 0 aliphatic rings. The van der Waals surface area contributed by atoms with E-state index in [-0.39, 0.29) is 17.1 Å². The number of anilines is 2. The van der Waals surface area contributed by atoms with Crippen LogP contribution in [0.4, 0.5) is 20.2 Å². The van der Waals surface area contributed by atoms with Gasteiger partial charge in [0.15, 0.2) is 17.3 Å². The highest BCUT2D eigenvalue weighted by Gasteiger charge is 2.15. The average Bonchev–Trinajstić information content (AvgIpc) is 2.65. The molecule has 0 fully saturated rings. The molecule has 0 aliphatic carbocycles. The quantitative estimate of drug-likeness (QED) is 0.762. The van der Waals surface area contributed by atoms with Crippen LogP contribution < -0.4 is 11.1 Å². The SMILES string of the molecule is Cc1[nH]nc(C(=O)Nc2ccc(F)c(F)c2)c1N. The monoisotopic (exact) mass is 252 g/mol. The number of nitrogens with one attached hydrogen (secondary N) is 2. The second kappa shape index (κ2) is 4.44. The van der Waals surface area contributed by atoms with Gasteiger partial charge in [-0.25, -0.2) is 8.78 Å². The summed E-state index contributed by atoms with van der Waals surface area (Å²) >= 11 is 0. The van der Waals surface area contributed by atoms with E-state index in [9.17, 15) is 13.6 Å². The Morgan fingerprint density at radius 1 is 1.39 bits per heavy atom. The molecule has 2 aromatic rings. The highest BCUT2D eigenvalue weighted by Crippen LogP contribution is 2.17. The number of benzene rings is 1. The van der Waals surface area contributed by atoms with E-state index in [4.69, 9.17) is 5.73 Å². The first-order valence-electron chi connectivity index (χ1n) is 5.06. The maximum atomic E-state index is 12.9. The van der Waals surface area contributed by atoms with Crippen LogP contribution >= 0.6 is 0 Å². The molecule has 1 heterocycles. The van der Waals surface area contributed by atoms with Crippen LogP contribution in [0.2, 0.25) is 0 Å². The van der Waals surface area contributed by atoms with Crippen LogP contribution in [0.5, 0.6) is 0 Å². The third-order valence-corrected chi connectivity index (χ3v) is 2.39. The number of carbonyl (C=O) groups is 1. The van der Waals surface area contributed by atoms with Gasteiger partial charge in [-0.05, 0) is 19.1 Å². The van der Waals surface area contributed by atoms with E-state index >= 15 is 0 Å². The minimum atomic E-state index is -1.04. The predicted molar refractivity (Wildman–Crippen MR) is 62.0 cm³/mol. The van der Waals surface area contributed by atoms with Crippen molar-refractivity contribution in [3.05, 3.63) is 41.2 Å². The lowest BCUT2D eigenvalue weighted by Gasteiger charge is -2.04. The highest BCUT2D eigenvalue weighted by molar-refractivity contribution is 6.06. The van der Waals surface area contributed by atoms with Gasteiger partial charge >= 0.3 is 0 Å².